The van der Waals surface area contributed by atoms with Gasteiger partial charge in [-0.1, -0.05) is 6.07 Å². The Kier molecular flexibility index (Phi) is 3.77. The number of Topliss-reactive ketones (excluding diaryl/α,β-unsaturated/α-hetero) is 1. The van der Waals surface area contributed by atoms with Crippen molar-refractivity contribution in [3.8, 4) is 11.5 Å². The molecule has 6 rings (SSSR count). The number of ketones is 1. The van der Waals surface area contributed by atoms with Crippen molar-refractivity contribution in [1.82, 2.24) is 9.80 Å². The van der Waals surface area contributed by atoms with Crippen LogP contribution in [-0.2, 0) is 31.0 Å². The summed E-state index contributed by atoms with van der Waals surface area (Å²) in [5, 5.41) is 22.5. The molecule has 32 heavy (non-hydrogen) atoms. The molecule has 2 N–H and O–H groups in total. The molecule has 166 valence electrons. The number of hydrogen-bond donors (Lipinski definition) is 2. The smallest absolute Gasteiger partial charge is 0.253 e. The Morgan fingerprint density at radius 1 is 1.16 bits per heavy atom. The van der Waals surface area contributed by atoms with Crippen LogP contribution in [0, 0.1) is 0 Å². The Morgan fingerprint density at radius 3 is 2.66 bits per heavy atom. The van der Waals surface area contributed by atoms with Crippen LogP contribution in [0.5, 0.6) is 11.5 Å². The number of benzene rings is 1. The minimum absolute atomic E-state index is 0.0187. The number of phenols is 1. The van der Waals surface area contributed by atoms with E-state index in [2.05, 4.69) is 0 Å². The van der Waals surface area contributed by atoms with Crippen LogP contribution in [0.1, 0.15) is 36.8 Å². The van der Waals surface area contributed by atoms with E-state index in [1.807, 2.05) is 0 Å². The second-order valence-corrected chi connectivity index (χ2v) is 9.28. The van der Waals surface area contributed by atoms with Crippen molar-refractivity contribution in [2.24, 2.45) is 0 Å². The summed E-state index contributed by atoms with van der Waals surface area (Å²) in [6.45, 7) is 0.294. The number of hydrogen-bond acceptors (Lipinski definition) is 7. The number of phenolic OH excluding ortho intramolecular Hbond substituents is 1. The lowest BCUT2D eigenvalue weighted by Crippen LogP contribution is -2.77. The summed E-state index contributed by atoms with van der Waals surface area (Å²) in [5.74, 6) is -0.994. The molecular formula is C23H22N2O7. The molecule has 1 unspecified atom stereocenters. The number of rotatable bonds is 3. The predicted octanol–water partition coefficient (Wildman–Crippen LogP) is -0.0429. The number of ether oxygens (including phenoxy) is 1. The van der Waals surface area contributed by atoms with Crippen LogP contribution < -0.4 is 4.74 Å². The molecule has 9 heteroatoms. The molecule has 1 spiro atoms. The van der Waals surface area contributed by atoms with Gasteiger partial charge in [-0.2, -0.15) is 0 Å². The van der Waals surface area contributed by atoms with E-state index in [0.717, 1.165) is 10.5 Å². The summed E-state index contributed by atoms with van der Waals surface area (Å²) in [7, 11) is 0. The van der Waals surface area contributed by atoms with Gasteiger partial charge in [0.1, 0.15) is 0 Å². The van der Waals surface area contributed by atoms with Gasteiger partial charge in [0.25, 0.3) is 11.8 Å². The van der Waals surface area contributed by atoms with Gasteiger partial charge in [0.05, 0.1) is 17.1 Å². The van der Waals surface area contributed by atoms with Crippen molar-refractivity contribution in [2.45, 2.75) is 55.3 Å². The van der Waals surface area contributed by atoms with E-state index in [1.165, 1.54) is 18.2 Å². The first-order valence-electron chi connectivity index (χ1n) is 10.9. The summed E-state index contributed by atoms with van der Waals surface area (Å²) >= 11 is 0. The molecule has 1 saturated heterocycles. The van der Waals surface area contributed by atoms with E-state index in [-0.39, 0.29) is 49.0 Å². The molecule has 0 radical (unpaired) electrons. The van der Waals surface area contributed by atoms with Crippen molar-refractivity contribution >= 4 is 23.5 Å². The SMILES string of the molecule is O=C1CC[C@@]2(O)[C@H]3Cc4ccc(O)c5c4C2(CCN3C(=O)CCN2C(=O)C=CC2=O)[C@H]1O5. The lowest BCUT2D eigenvalue weighted by molar-refractivity contribution is -0.192. The predicted molar refractivity (Wildman–Crippen MR) is 108 cm³/mol. The van der Waals surface area contributed by atoms with Crippen LogP contribution >= 0.6 is 0 Å². The highest BCUT2D eigenvalue weighted by Crippen LogP contribution is 2.64. The average Bonchev–Trinajstić information content (AvgIpc) is 3.28. The molecule has 3 heterocycles. The highest BCUT2D eigenvalue weighted by Gasteiger charge is 2.73. The molecule has 3 aliphatic heterocycles. The van der Waals surface area contributed by atoms with E-state index >= 15 is 0 Å². The zero-order valence-corrected chi connectivity index (χ0v) is 17.2. The highest BCUT2D eigenvalue weighted by atomic mass is 16.5. The van der Waals surface area contributed by atoms with Crippen LogP contribution in [0.3, 0.4) is 0 Å². The lowest BCUT2D eigenvalue weighted by Gasteiger charge is -2.62. The third-order valence-electron chi connectivity index (χ3n) is 8.03. The van der Waals surface area contributed by atoms with Gasteiger partial charge in [-0.15, -0.1) is 0 Å². The normalized spacial score (nSPS) is 34.1. The maximum Gasteiger partial charge on any atom is 0.253 e. The van der Waals surface area contributed by atoms with Gasteiger partial charge in [0, 0.05) is 43.6 Å². The fourth-order valence-corrected chi connectivity index (χ4v) is 6.63. The van der Waals surface area contributed by atoms with Crippen molar-refractivity contribution in [3.63, 3.8) is 0 Å². The van der Waals surface area contributed by atoms with Gasteiger partial charge in [-0.3, -0.25) is 24.1 Å². The number of carbonyl (C=O) groups is 4. The monoisotopic (exact) mass is 438 g/mol. The minimum atomic E-state index is -1.37. The van der Waals surface area contributed by atoms with Gasteiger partial charge >= 0.3 is 0 Å². The van der Waals surface area contributed by atoms with Gasteiger partial charge in [0.2, 0.25) is 5.91 Å². The van der Waals surface area contributed by atoms with Crippen LogP contribution in [0.4, 0.5) is 0 Å². The molecule has 2 aliphatic carbocycles. The van der Waals surface area contributed by atoms with Crippen LogP contribution in [0.15, 0.2) is 24.3 Å². The number of nitrogens with zero attached hydrogens (tertiary/aromatic N) is 2. The van der Waals surface area contributed by atoms with Gasteiger partial charge in [0.15, 0.2) is 23.4 Å². The summed E-state index contributed by atoms with van der Waals surface area (Å²) < 4.78 is 5.97. The Bertz CT molecular complexity index is 1130. The number of aromatic hydroxyl groups is 1. The first kappa shape index (κ1) is 19.5. The Morgan fingerprint density at radius 2 is 1.91 bits per heavy atom. The maximum absolute atomic E-state index is 13.2. The number of carbonyl (C=O) groups excluding carboxylic acids is 4. The molecular weight excluding hydrogens is 416 g/mol. The second kappa shape index (κ2) is 6.19. The summed E-state index contributed by atoms with van der Waals surface area (Å²) in [4.78, 5) is 52.3. The minimum Gasteiger partial charge on any atom is -0.504 e. The third kappa shape index (κ3) is 2.16. The molecule has 1 aromatic rings. The number of amides is 3. The van der Waals surface area contributed by atoms with E-state index in [0.29, 0.717) is 24.9 Å². The quantitative estimate of drug-likeness (QED) is 0.635. The fourth-order valence-electron chi connectivity index (χ4n) is 6.63. The van der Waals surface area contributed by atoms with Crippen LogP contribution in [-0.4, -0.2) is 74.4 Å². The van der Waals surface area contributed by atoms with Crippen molar-refractivity contribution < 1.29 is 34.1 Å². The summed E-state index contributed by atoms with van der Waals surface area (Å²) in [5.41, 5.74) is -0.792. The lowest BCUT2D eigenvalue weighted by atomic mass is 9.49. The number of imide groups is 1. The fraction of sp³-hybridized carbons (Fsp3) is 0.478. The highest BCUT2D eigenvalue weighted by molar-refractivity contribution is 6.13. The van der Waals surface area contributed by atoms with Crippen molar-refractivity contribution in [1.29, 1.82) is 0 Å². The van der Waals surface area contributed by atoms with Gasteiger partial charge < -0.3 is 19.8 Å². The van der Waals surface area contributed by atoms with Crippen LogP contribution in [0.25, 0.3) is 0 Å². The first-order valence-corrected chi connectivity index (χ1v) is 10.9. The molecule has 9 nitrogen and oxygen atoms in total. The first-order chi connectivity index (χ1) is 15.3. The largest absolute Gasteiger partial charge is 0.504 e. The van der Waals surface area contributed by atoms with E-state index in [9.17, 15) is 29.4 Å². The molecule has 2 fully saturated rings. The molecule has 0 aromatic heterocycles. The van der Waals surface area contributed by atoms with Crippen molar-refractivity contribution in [3.05, 3.63) is 35.4 Å². The van der Waals surface area contributed by atoms with E-state index in [4.69, 9.17) is 4.74 Å². The molecule has 4 atom stereocenters. The zero-order chi connectivity index (χ0) is 22.4. The third-order valence-corrected chi connectivity index (χ3v) is 8.03. The van der Waals surface area contributed by atoms with E-state index < -0.39 is 35.0 Å². The second-order valence-electron chi connectivity index (χ2n) is 9.28. The number of likely N-dealkylation sites (tertiary alicyclic amines) is 1. The van der Waals surface area contributed by atoms with Gasteiger partial charge in [-0.25, -0.2) is 0 Å². The maximum atomic E-state index is 13.2. The molecule has 1 saturated carbocycles. The average molecular weight is 438 g/mol. The summed E-state index contributed by atoms with van der Waals surface area (Å²) in [6, 6.07) is 2.74. The van der Waals surface area contributed by atoms with E-state index in [1.54, 1.807) is 11.0 Å². The molecule has 2 bridgehead atoms. The number of piperidine rings is 1. The Balaban J connectivity index is 1.36. The molecule has 3 amide bonds. The van der Waals surface area contributed by atoms with Crippen molar-refractivity contribution in [2.75, 3.05) is 13.1 Å². The molecule has 5 aliphatic rings. The Labute approximate surface area is 183 Å². The number of aliphatic hydroxyl groups is 1. The van der Waals surface area contributed by atoms with Crippen LogP contribution in [0.2, 0.25) is 0 Å². The summed E-state index contributed by atoms with van der Waals surface area (Å²) in [6.07, 6.45) is 2.50. The Hall–Kier alpha value is -3.20. The standard InChI is InChI=1S/C23H22N2O7/c26-13-2-1-12-11-15-23(31)7-5-14(27)21-22(23,19(12)20(13)32-21)8-10-24(15)18(30)6-9-25-16(28)3-4-17(25)29/h1-4,15,21,26,31H,5-11H2/t15-,21+,22?,23-/m1/s1. The molecule has 1 aromatic carbocycles. The zero-order valence-electron chi connectivity index (χ0n) is 17.2. The van der Waals surface area contributed by atoms with Gasteiger partial charge in [-0.05, 0) is 30.9 Å². The topological polar surface area (TPSA) is 124 Å².